The molecule has 2 fully saturated rings. The van der Waals surface area contributed by atoms with E-state index in [0.717, 1.165) is 24.4 Å². The Balaban J connectivity index is 1.81. The topological polar surface area (TPSA) is 60.5 Å². The summed E-state index contributed by atoms with van der Waals surface area (Å²) in [5.74, 6) is 0.509. The number of carbonyl (C=O) groups excluding carboxylic acids is 1. The largest absolute Gasteiger partial charge is 0.497 e. The molecule has 2 unspecified atom stereocenters. The van der Waals surface area contributed by atoms with Crippen molar-refractivity contribution in [3.05, 3.63) is 29.8 Å². The molecule has 144 valence electrons. The van der Waals surface area contributed by atoms with Crippen molar-refractivity contribution in [1.29, 1.82) is 0 Å². The molecule has 7 heteroatoms. The molecular formula is C19H28N2O5. The van der Waals surface area contributed by atoms with Crippen LogP contribution in [0.1, 0.15) is 24.9 Å². The van der Waals surface area contributed by atoms with Crippen LogP contribution >= 0.6 is 0 Å². The zero-order valence-corrected chi connectivity index (χ0v) is 15.8. The number of rotatable bonds is 6. The van der Waals surface area contributed by atoms with Crippen molar-refractivity contribution in [2.24, 2.45) is 0 Å². The summed E-state index contributed by atoms with van der Waals surface area (Å²) in [6.45, 7) is 5.60. The van der Waals surface area contributed by atoms with Gasteiger partial charge in [-0.15, -0.1) is 0 Å². The fourth-order valence-electron chi connectivity index (χ4n) is 3.63. The molecule has 1 aromatic rings. The minimum atomic E-state index is -0.993. The second-order valence-electron chi connectivity index (χ2n) is 6.73. The predicted octanol–water partition coefficient (Wildman–Crippen LogP) is 1.64. The van der Waals surface area contributed by atoms with E-state index in [2.05, 4.69) is 4.90 Å². The highest BCUT2D eigenvalue weighted by atomic mass is 16.7. The fraction of sp³-hybridized carbons (Fsp3) is 0.632. The Bertz CT molecular complexity index is 602. The van der Waals surface area contributed by atoms with Crippen LogP contribution < -0.4 is 4.74 Å². The highest BCUT2D eigenvalue weighted by Gasteiger charge is 2.52. The normalized spacial score (nSPS) is 27.4. The van der Waals surface area contributed by atoms with Crippen LogP contribution in [0.4, 0.5) is 0 Å². The number of methoxy groups -OCH3 is 1. The summed E-state index contributed by atoms with van der Waals surface area (Å²) in [5.41, 5.74) is 0.0913. The molecular weight excluding hydrogens is 336 g/mol. The van der Waals surface area contributed by atoms with E-state index in [9.17, 15) is 4.79 Å². The first-order chi connectivity index (χ1) is 12.6. The average molecular weight is 364 g/mol. The van der Waals surface area contributed by atoms with Gasteiger partial charge in [-0.05, 0) is 24.6 Å². The standard InChI is InChI=1S/C19H28N2O5/c1-4-25-18(22)19(14-21-9-11-24-12-10-21)13-17(20(2)26-19)15-5-7-16(23-3)8-6-15/h5-8,17H,4,9-14H2,1-3H3. The zero-order chi connectivity index (χ0) is 18.6. The van der Waals surface area contributed by atoms with Gasteiger partial charge in [0.1, 0.15) is 5.75 Å². The average Bonchev–Trinajstić information content (AvgIpc) is 3.00. The smallest absolute Gasteiger partial charge is 0.342 e. The molecule has 26 heavy (non-hydrogen) atoms. The first kappa shape index (κ1) is 19.1. The molecule has 0 aromatic heterocycles. The van der Waals surface area contributed by atoms with Crippen molar-refractivity contribution in [2.45, 2.75) is 25.0 Å². The summed E-state index contributed by atoms with van der Waals surface area (Å²) in [5, 5.41) is 1.78. The maximum absolute atomic E-state index is 12.8. The van der Waals surface area contributed by atoms with Gasteiger partial charge in [0.2, 0.25) is 5.60 Å². The van der Waals surface area contributed by atoms with Gasteiger partial charge in [0.15, 0.2) is 0 Å². The van der Waals surface area contributed by atoms with Gasteiger partial charge in [-0.1, -0.05) is 12.1 Å². The minimum absolute atomic E-state index is 0.0219. The van der Waals surface area contributed by atoms with Crippen LogP contribution in [0.25, 0.3) is 0 Å². The monoisotopic (exact) mass is 364 g/mol. The van der Waals surface area contributed by atoms with E-state index in [1.165, 1.54) is 0 Å². The Morgan fingerprint density at radius 1 is 1.27 bits per heavy atom. The summed E-state index contributed by atoms with van der Waals surface area (Å²) in [7, 11) is 3.52. The highest BCUT2D eigenvalue weighted by Crippen LogP contribution is 2.41. The Kier molecular flexibility index (Phi) is 6.13. The van der Waals surface area contributed by atoms with E-state index >= 15 is 0 Å². The van der Waals surface area contributed by atoms with Crippen molar-refractivity contribution in [3.8, 4) is 5.75 Å². The van der Waals surface area contributed by atoms with Gasteiger partial charge >= 0.3 is 5.97 Å². The number of nitrogens with zero attached hydrogens (tertiary/aromatic N) is 2. The minimum Gasteiger partial charge on any atom is -0.497 e. The van der Waals surface area contributed by atoms with Gasteiger partial charge in [-0.25, -0.2) is 4.79 Å². The van der Waals surface area contributed by atoms with Crippen LogP contribution in [-0.4, -0.2) is 75.1 Å². The molecule has 0 saturated carbocycles. The third-order valence-corrected chi connectivity index (χ3v) is 5.01. The van der Waals surface area contributed by atoms with E-state index in [0.29, 0.717) is 32.8 Å². The maximum Gasteiger partial charge on any atom is 0.342 e. The van der Waals surface area contributed by atoms with Crippen LogP contribution in [0, 0.1) is 0 Å². The van der Waals surface area contributed by atoms with Crippen LogP contribution in [0.5, 0.6) is 5.75 Å². The number of carbonyl (C=O) groups is 1. The number of esters is 1. The number of ether oxygens (including phenoxy) is 3. The first-order valence-corrected chi connectivity index (χ1v) is 9.11. The van der Waals surface area contributed by atoms with Crippen molar-refractivity contribution < 1.29 is 23.8 Å². The van der Waals surface area contributed by atoms with Crippen LogP contribution in [0.3, 0.4) is 0 Å². The number of benzene rings is 1. The van der Waals surface area contributed by atoms with Gasteiger partial charge in [-0.2, -0.15) is 5.06 Å². The van der Waals surface area contributed by atoms with Crippen molar-refractivity contribution in [3.63, 3.8) is 0 Å². The first-order valence-electron chi connectivity index (χ1n) is 9.11. The van der Waals surface area contributed by atoms with E-state index in [4.69, 9.17) is 19.0 Å². The van der Waals surface area contributed by atoms with E-state index in [-0.39, 0.29) is 12.0 Å². The lowest BCUT2D eigenvalue weighted by molar-refractivity contribution is -0.217. The molecule has 0 amide bonds. The molecule has 0 bridgehead atoms. The lowest BCUT2D eigenvalue weighted by atomic mass is 9.91. The van der Waals surface area contributed by atoms with Crippen molar-refractivity contribution in [1.82, 2.24) is 9.96 Å². The van der Waals surface area contributed by atoms with E-state index in [1.54, 1.807) is 12.2 Å². The molecule has 7 nitrogen and oxygen atoms in total. The Morgan fingerprint density at radius 3 is 2.58 bits per heavy atom. The summed E-state index contributed by atoms with van der Waals surface area (Å²) in [4.78, 5) is 21.2. The van der Waals surface area contributed by atoms with Gasteiger partial charge in [0.05, 0.1) is 33.0 Å². The molecule has 0 N–H and O–H groups in total. The molecule has 2 aliphatic heterocycles. The molecule has 0 spiro atoms. The van der Waals surface area contributed by atoms with Crippen LogP contribution in [0.15, 0.2) is 24.3 Å². The predicted molar refractivity (Wildman–Crippen MR) is 95.8 cm³/mol. The molecule has 2 atom stereocenters. The second-order valence-corrected chi connectivity index (χ2v) is 6.73. The van der Waals surface area contributed by atoms with Crippen molar-refractivity contribution in [2.75, 3.05) is 53.6 Å². The zero-order valence-electron chi connectivity index (χ0n) is 15.8. The third-order valence-electron chi connectivity index (χ3n) is 5.01. The number of hydrogen-bond donors (Lipinski definition) is 0. The molecule has 2 heterocycles. The summed E-state index contributed by atoms with van der Waals surface area (Å²) in [6.07, 6.45) is 0.548. The Labute approximate surface area is 154 Å². The summed E-state index contributed by atoms with van der Waals surface area (Å²) >= 11 is 0. The molecule has 2 aliphatic rings. The van der Waals surface area contributed by atoms with Crippen LogP contribution in [-0.2, 0) is 19.1 Å². The van der Waals surface area contributed by atoms with Gasteiger partial charge < -0.3 is 14.2 Å². The summed E-state index contributed by atoms with van der Waals surface area (Å²) in [6, 6.07) is 7.86. The Hall–Kier alpha value is -1.67. The third kappa shape index (κ3) is 4.01. The van der Waals surface area contributed by atoms with E-state index < -0.39 is 5.60 Å². The fourth-order valence-corrected chi connectivity index (χ4v) is 3.63. The second kappa shape index (κ2) is 8.35. The molecule has 2 saturated heterocycles. The number of hydrogen-bond acceptors (Lipinski definition) is 7. The van der Waals surface area contributed by atoms with Crippen LogP contribution in [0.2, 0.25) is 0 Å². The molecule has 0 aliphatic carbocycles. The van der Waals surface area contributed by atoms with E-state index in [1.807, 2.05) is 38.2 Å². The summed E-state index contributed by atoms with van der Waals surface area (Å²) < 4.78 is 16.0. The molecule has 3 rings (SSSR count). The lowest BCUT2D eigenvalue weighted by Gasteiger charge is -2.34. The van der Waals surface area contributed by atoms with Crippen molar-refractivity contribution >= 4 is 5.97 Å². The lowest BCUT2D eigenvalue weighted by Crippen LogP contribution is -2.52. The highest BCUT2D eigenvalue weighted by molar-refractivity contribution is 5.80. The maximum atomic E-state index is 12.8. The Morgan fingerprint density at radius 2 is 1.96 bits per heavy atom. The van der Waals surface area contributed by atoms with Gasteiger partial charge in [-0.3, -0.25) is 9.74 Å². The molecule has 1 aromatic carbocycles. The van der Waals surface area contributed by atoms with Gasteiger partial charge in [0.25, 0.3) is 0 Å². The van der Waals surface area contributed by atoms with Gasteiger partial charge in [0, 0.05) is 33.1 Å². The molecule has 0 radical (unpaired) electrons. The SMILES string of the molecule is CCOC(=O)C1(CN2CCOCC2)CC(c2ccc(OC)cc2)N(C)O1. The number of morpholine rings is 1. The number of hydroxylamine groups is 2. The quantitative estimate of drug-likeness (QED) is 0.711.